The number of rotatable bonds is 0. The van der Waals surface area contributed by atoms with Crippen molar-refractivity contribution in [2.45, 2.75) is 51.6 Å². The zero-order valence-corrected chi connectivity index (χ0v) is 7.71. The van der Waals surface area contributed by atoms with Gasteiger partial charge in [-0.05, 0) is 38.5 Å². The van der Waals surface area contributed by atoms with Gasteiger partial charge in [-0.15, -0.1) is 0 Å². The third kappa shape index (κ3) is 1.31. The molecule has 0 aromatic carbocycles. The fraction of sp³-hybridized carbons (Fsp3) is 1.00. The molecule has 3 atom stereocenters. The number of hydrogen-bond donors (Lipinski definition) is 0. The molecule has 0 amide bonds. The number of piperidine rings is 1. The van der Waals surface area contributed by atoms with Gasteiger partial charge in [-0.2, -0.15) is 0 Å². The van der Waals surface area contributed by atoms with Crippen LogP contribution in [0.15, 0.2) is 0 Å². The second kappa shape index (κ2) is 2.78. The molecule has 0 bridgehead atoms. The highest BCUT2D eigenvalue weighted by atomic mass is 15.2. The van der Waals surface area contributed by atoms with Crippen molar-refractivity contribution in [3.63, 3.8) is 0 Å². The van der Waals surface area contributed by atoms with Gasteiger partial charge in [0, 0.05) is 18.6 Å². The number of nitrogens with zero attached hydrogens (tertiary/aromatic N) is 1. The monoisotopic (exact) mass is 153 g/mol. The van der Waals surface area contributed by atoms with Crippen molar-refractivity contribution < 1.29 is 0 Å². The average Bonchev–Trinajstić information content (AvgIpc) is 2.33. The van der Waals surface area contributed by atoms with E-state index in [1.165, 1.54) is 32.2 Å². The fourth-order valence-corrected chi connectivity index (χ4v) is 2.69. The molecule has 2 aliphatic heterocycles. The third-order valence-corrected chi connectivity index (χ3v) is 3.47. The zero-order valence-electron chi connectivity index (χ0n) is 7.71. The quantitative estimate of drug-likeness (QED) is 0.516. The van der Waals surface area contributed by atoms with Crippen LogP contribution in [0.2, 0.25) is 0 Å². The summed E-state index contributed by atoms with van der Waals surface area (Å²) in [4.78, 5) is 2.73. The predicted molar refractivity (Wildman–Crippen MR) is 47.6 cm³/mol. The van der Waals surface area contributed by atoms with Gasteiger partial charge >= 0.3 is 0 Å². The Morgan fingerprint density at radius 2 is 1.73 bits per heavy atom. The Bertz CT molecular complexity index is 144. The molecule has 0 N–H and O–H groups in total. The molecule has 64 valence electrons. The lowest BCUT2D eigenvalue weighted by Gasteiger charge is -2.36. The van der Waals surface area contributed by atoms with E-state index in [0.29, 0.717) is 0 Å². The maximum Gasteiger partial charge on any atom is 0.00988 e. The van der Waals surface area contributed by atoms with Gasteiger partial charge < -0.3 is 0 Å². The molecule has 2 heterocycles. The highest BCUT2D eigenvalue weighted by Crippen LogP contribution is 2.32. The number of fused-ring (bicyclic) bond motifs is 1. The van der Waals surface area contributed by atoms with E-state index in [-0.39, 0.29) is 0 Å². The normalized spacial score (nSPS) is 45.8. The first-order valence-corrected chi connectivity index (χ1v) is 5.03. The van der Waals surface area contributed by atoms with E-state index in [2.05, 4.69) is 18.7 Å². The van der Waals surface area contributed by atoms with Crippen molar-refractivity contribution in [1.82, 2.24) is 4.90 Å². The Morgan fingerprint density at radius 3 is 2.55 bits per heavy atom. The van der Waals surface area contributed by atoms with E-state index in [1.54, 1.807) is 0 Å². The third-order valence-electron chi connectivity index (χ3n) is 3.47. The van der Waals surface area contributed by atoms with Crippen LogP contribution in [0.5, 0.6) is 0 Å². The van der Waals surface area contributed by atoms with Gasteiger partial charge in [0.25, 0.3) is 0 Å². The lowest BCUT2D eigenvalue weighted by atomic mass is 9.95. The minimum atomic E-state index is 0.878. The minimum absolute atomic E-state index is 0.878. The lowest BCUT2D eigenvalue weighted by molar-refractivity contribution is 0.122. The molecule has 0 spiro atoms. The summed E-state index contributed by atoms with van der Waals surface area (Å²) in [5.41, 5.74) is 0. The maximum atomic E-state index is 2.73. The topological polar surface area (TPSA) is 3.24 Å². The molecule has 1 heteroatoms. The van der Waals surface area contributed by atoms with Gasteiger partial charge in [0.05, 0.1) is 0 Å². The summed E-state index contributed by atoms with van der Waals surface area (Å²) in [6.45, 7) is 6.14. The van der Waals surface area contributed by atoms with Crippen LogP contribution in [-0.2, 0) is 0 Å². The summed E-state index contributed by atoms with van der Waals surface area (Å²) in [6.07, 6.45) is 5.84. The van der Waals surface area contributed by atoms with Gasteiger partial charge in [0.2, 0.25) is 0 Å². The second-order valence-electron chi connectivity index (χ2n) is 4.46. The van der Waals surface area contributed by atoms with Gasteiger partial charge in [-0.25, -0.2) is 0 Å². The van der Waals surface area contributed by atoms with Crippen LogP contribution >= 0.6 is 0 Å². The Labute approximate surface area is 69.8 Å². The van der Waals surface area contributed by atoms with Gasteiger partial charge in [0.1, 0.15) is 0 Å². The molecule has 2 saturated heterocycles. The van der Waals surface area contributed by atoms with Crippen molar-refractivity contribution in [1.29, 1.82) is 0 Å². The Morgan fingerprint density at radius 1 is 1.00 bits per heavy atom. The molecule has 0 aliphatic carbocycles. The summed E-state index contributed by atoms with van der Waals surface area (Å²) >= 11 is 0. The van der Waals surface area contributed by atoms with Crippen LogP contribution in [0, 0.1) is 5.92 Å². The van der Waals surface area contributed by atoms with E-state index in [1.807, 2.05) is 0 Å². The van der Waals surface area contributed by atoms with E-state index in [9.17, 15) is 0 Å². The molecular formula is C10H19N. The van der Waals surface area contributed by atoms with E-state index >= 15 is 0 Å². The molecule has 11 heavy (non-hydrogen) atoms. The molecule has 1 nitrogen and oxygen atoms in total. The highest BCUT2D eigenvalue weighted by molar-refractivity contribution is 4.89. The van der Waals surface area contributed by atoms with Crippen molar-refractivity contribution >= 4 is 0 Å². The molecule has 2 rings (SSSR count). The highest BCUT2D eigenvalue weighted by Gasteiger charge is 2.34. The molecule has 0 aromatic heterocycles. The lowest BCUT2D eigenvalue weighted by Crippen LogP contribution is -2.41. The van der Waals surface area contributed by atoms with Crippen LogP contribution < -0.4 is 0 Å². The molecule has 2 aliphatic rings. The first kappa shape index (κ1) is 7.60. The van der Waals surface area contributed by atoms with E-state index < -0.39 is 0 Å². The summed E-state index contributed by atoms with van der Waals surface area (Å²) in [5, 5.41) is 0. The molecular weight excluding hydrogens is 134 g/mol. The standard InChI is InChI=1S/C10H19N/c1-8-3-5-10-6-4-9(2)11(10)7-8/h8-10H,3-7H2,1-2H3. The summed E-state index contributed by atoms with van der Waals surface area (Å²) in [5.74, 6) is 0.951. The zero-order chi connectivity index (χ0) is 7.84. The molecule has 0 aromatic rings. The SMILES string of the molecule is CC1CCC2CCC(C)N2C1. The van der Waals surface area contributed by atoms with Crippen LogP contribution in [0.3, 0.4) is 0 Å². The summed E-state index contributed by atoms with van der Waals surface area (Å²) < 4.78 is 0. The van der Waals surface area contributed by atoms with Crippen molar-refractivity contribution in [2.24, 2.45) is 5.92 Å². The average molecular weight is 153 g/mol. The minimum Gasteiger partial charge on any atom is -0.297 e. The Balaban J connectivity index is 2.01. The van der Waals surface area contributed by atoms with Gasteiger partial charge in [-0.1, -0.05) is 6.92 Å². The Kier molecular flexibility index (Phi) is 1.92. The van der Waals surface area contributed by atoms with Crippen molar-refractivity contribution in [3.8, 4) is 0 Å². The summed E-state index contributed by atoms with van der Waals surface area (Å²) in [6, 6.07) is 1.84. The smallest absolute Gasteiger partial charge is 0.00988 e. The maximum absolute atomic E-state index is 2.73. The van der Waals surface area contributed by atoms with Crippen LogP contribution in [0.1, 0.15) is 39.5 Å². The summed E-state index contributed by atoms with van der Waals surface area (Å²) in [7, 11) is 0. The molecule has 2 fully saturated rings. The largest absolute Gasteiger partial charge is 0.297 e. The van der Waals surface area contributed by atoms with Gasteiger partial charge in [-0.3, -0.25) is 4.90 Å². The second-order valence-corrected chi connectivity index (χ2v) is 4.46. The molecule has 3 unspecified atom stereocenters. The van der Waals surface area contributed by atoms with E-state index in [0.717, 1.165) is 18.0 Å². The number of hydrogen-bond acceptors (Lipinski definition) is 1. The van der Waals surface area contributed by atoms with Crippen LogP contribution in [0.25, 0.3) is 0 Å². The Hall–Kier alpha value is -0.0400. The fourth-order valence-electron chi connectivity index (χ4n) is 2.69. The van der Waals surface area contributed by atoms with Crippen LogP contribution in [-0.4, -0.2) is 23.5 Å². The van der Waals surface area contributed by atoms with E-state index in [4.69, 9.17) is 0 Å². The van der Waals surface area contributed by atoms with Crippen molar-refractivity contribution in [2.75, 3.05) is 6.54 Å². The molecule has 0 saturated carbocycles. The van der Waals surface area contributed by atoms with Crippen molar-refractivity contribution in [3.05, 3.63) is 0 Å². The first-order valence-electron chi connectivity index (χ1n) is 5.03. The van der Waals surface area contributed by atoms with Crippen LogP contribution in [0.4, 0.5) is 0 Å². The predicted octanol–water partition coefficient (Wildman–Crippen LogP) is 2.27. The first-order chi connectivity index (χ1) is 5.27. The van der Waals surface area contributed by atoms with Gasteiger partial charge in [0.15, 0.2) is 0 Å². The molecule has 0 radical (unpaired) electrons.